The number of aryl methyl sites for hydroxylation is 2. The Hall–Kier alpha value is -2.91. The zero-order valence-electron chi connectivity index (χ0n) is 17.5. The number of fused-ring (bicyclic) bond motifs is 1. The topological polar surface area (TPSA) is 105 Å². The zero-order valence-corrected chi connectivity index (χ0v) is 18.3. The van der Waals surface area contributed by atoms with E-state index >= 15 is 0 Å². The van der Waals surface area contributed by atoms with Crippen LogP contribution in [0.3, 0.4) is 0 Å². The number of benzene rings is 2. The molecule has 2 aromatic carbocycles. The predicted octanol–water partition coefficient (Wildman–Crippen LogP) is 2.68. The van der Waals surface area contributed by atoms with Gasteiger partial charge in [-0.1, -0.05) is 25.1 Å². The highest BCUT2D eigenvalue weighted by Crippen LogP contribution is 2.36. The predicted molar refractivity (Wildman–Crippen MR) is 117 cm³/mol. The van der Waals surface area contributed by atoms with Crippen LogP contribution in [0.1, 0.15) is 30.9 Å². The molecular weight excluding hydrogens is 418 g/mol. The van der Waals surface area contributed by atoms with E-state index in [0.29, 0.717) is 35.5 Å². The molecule has 0 spiro atoms. The molecule has 9 heteroatoms. The third kappa shape index (κ3) is 4.03. The molecule has 1 atom stereocenters. The first-order valence-electron chi connectivity index (χ1n) is 10.3. The van der Waals surface area contributed by atoms with Crippen molar-refractivity contribution in [2.75, 3.05) is 23.8 Å². The van der Waals surface area contributed by atoms with Crippen molar-refractivity contribution in [3.63, 3.8) is 0 Å². The standard InChI is InChI=1S/C22H25N3O5S/c1-3-15-7-4-5-8-16(15)24-22(27)18-9-6-10-25(18)31(28,29)20-12-19-17(11-14(20)2)23-21(26)13-30-19/h4-5,7-8,11-12,18H,3,6,9-10,13H2,1-2H3,(H,23,26)(H,24,27)/t18-/m0/s1. The monoisotopic (exact) mass is 443 g/mol. The summed E-state index contributed by atoms with van der Waals surface area (Å²) in [6.07, 6.45) is 1.81. The molecule has 4 rings (SSSR count). The van der Waals surface area contributed by atoms with Gasteiger partial charge < -0.3 is 15.4 Å². The highest BCUT2D eigenvalue weighted by atomic mass is 32.2. The number of hydrogen-bond donors (Lipinski definition) is 2. The Morgan fingerprint density at radius 3 is 2.84 bits per heavy atom. The fraction of sp³-hybridized carbons (Fsp3) is 0.364. The van der Waals surface area contributed by atoms with Crippen LogP contribution >= 0.6 is 0 Å². The molecule has 0 saturated carbocycles. The van der Waals surface area contributed by atoms with Gasteiger partial charge in [-0.15, -0.1) is 0 Å². The lowest BCUT2D eigenvalue weighted by molar-refractivity contribution is -0.119. The smallest absolute Gasteiger partial charge is 0.262 e. The number of sulfonamides is 1. The second-order valence-corrected chi connectivity index (χ2v) is 9.58. The van der Waals surface area contributed by atoms with E-state index in [1.807, 2.05) is 31.2 Å². The molecule has 2 heterocycles. The fourth-order valence-electron chi connectivity index (χ4n) is 4.08. The van der Waals surface area contributed by atoms with Crippen molar-refractivity contribution in [3.05, 3.63) is 47.5 Å². The number of carbonyl (C=O) groups is 2. The van der Waals surface area contributed by atoms with Crippen LogP contribution in [0.25, 0.3) is 0 Å². The number of amides is 2. The van der Waals surface area contributed by atoms with Crippen molar-refractivity contribution in [1.82, 2.24) is 4.31 Å². The molecule has 8 nitrogen and oxygen atoms in total. The number of nitrogens with zero attached hydrogens (tertiary/aromatic N) is 1. The number of carbonyl (C=O) groups excluding carboxylic acids is 2. The lowest BCUT2D eigenvalue weighted by atomic mass is 10.1. The number of hydrogen-bond acceptors (Lipinski definition) is 5. The summed E-state index contributed by atoms with van der Waals surface area (Å²) in [4.78, 5) is 24.6. The number of rotatable bonds is 5. The van der Waals surface area contributed by atoms with E-state index in [9.17, 15) is 18.0 Å². The van der Waals surface area contributed by atoms with Crippen molar-refractivity contribution in [2.24, 2.45) is 0 Å². The van der Waals surface area contributed by atoms with Gasteiger partial charge in [0.05, 0.1) is 10.6 Å². The summed E-state index contributed by atoms with van der Waals surface area (Å²) in [5.74, 6) is -0.312. The molecule has 0 aromatic heterocycles. The Morgan fingerprint density at radius 2 is 2.06 bits per heavy atom. The largest absolute Gasteiger partial charge is 0.482 e. The highest BCUT2D eigenvalue weighted by Gasteiger charge is 2.40. The van der Waals surface area contributed by atoms with E-state index in [1.165, 1.54) is 10.4 Å². The first kappa shape index (κ1) is 21.3. The van der Waals surface area contributed by atoms with E-state index < -0.39 is 16.1 Å². The first-order chi connectivity index (χ1) is 14.8. The average molecular weight is 444 g/mol. The summed E-state index contributed by atoms with van der Waals surface area (Å²) in [5, 5.41) is 5.59. The van der Waals surface area contributed by atoms with Crippen LogP contribution in [0.15, 0.2) is 41.3 Å². The minimum absolute atomic E-state index is 0.0797. The Kier molecular flexibility index (Phi) is 5.72. The lowest BCUT2D eigenvalue weighted by Crippen LogP contribution is -2.43. The van der Waals surface area contributed by atoms with Gasteiger partial charge in [0.2, 0.25) is 15.9 Å². The van der Waals surface area contributed by atoms with Gasteiger partial charge in [0, 0.05) is 18.3 Å². The van der Waals surface area contributed by atoms with Crippen LogP contribution in [-0.4, -0.2) is 43.7 Å². The van der Waals surface area contributed by atoms with Gasteiger partial charge in [-0.05, 0) is 49.4 Å². The second-order valence-electron chi connectivity index (χ2n) is 7.72. The molecule has 31 heavy (non-hydrogen) atoms. The molecule has 0 bridgehead atoms. The lowest BCUT2D eigenvalue weighted by Gasteiger charge is -2.26. The SMILES string of the molecule is CCc1ccccc1NC(=O)[C@@H]1CCCN1S(=O)(=O)c1cc2c(cc1C)NC(=O)CO2. The van der Waals surface area contributed by atoms with Gasteiger partial charge in [-0.25, -0.2) is 8.42 Å². The third-order valence-corrected chi connectivity index (χ3v) is 7.71. The van der Waals surface area contributed by atoms with E-state index in [2.05, 4.69) is 10.6 Å². The number of anilines is 2. The van der Waals surface area contributed by atoms with Crippen LogP contribution < -0.4 is 15.4 Å². The normalized spacial score (nSPS) is 18.8. The number of ether oxygens (including phenoxy) is 1. The van der Waals surface area contributed by atoms with E-state index in [4.69, 9.17) is 4.74 Å². The van der Waals surface area contributed by atoms with Gasteiger partial charge in [0.1, 0.15) is 11.8 Å². The molecule has 164 valence electrons. The van der Waals surface area contributed by atoms with Crippen molar-refractivity contribution >= 4 is 33.2 Å². The highest BCUT2D eigenvalue weighted by molar-refractivity contribution is 7.89. The molecule has 2 aliphatic rings. The summed E-state index contributed by atoms with van der Waals surface area (Å²) in [7, 11) is -3.94. The molecule has 0 radical (unpaired) electrons. The van der Waals surface area contributed by atoms with E-state index in [-0.39, 0.29) is 29.9 Å². The number of para-hydroxylation sites is 1. The Morgan fingerprint density at radius 1 is 1.29 bits per heavy atom. The first-order valence-corrected chi connectivity index (χ1v) is 11.7. The van der Waals surface area contributed by atoms with Gasteiger partial charge in [-0.3, -0.25) is 9.59 Å². The molecule has 2 aromatic rings. The third-order valence-electron chi connectivity index (χ3n) is 5.66. The van der Waals surface area contributed by atoms with Gasteiger partial charge in [0.15, 0.2) is 6.61 Å². The van der Waals surface area contributed by atoms with E-state index in [1.54, 1.807) is 13.0 Å². The fourth-order valence-corrected chi connectivity index (χ4v) is 5.96. The summed E-state index contributed by atoms with van der Waals surface area (Å²) in [5.41, 5.74) is 2.62. The summed E-state index contributed by atoms with van der Waals surface area (Å²) < 4.78 is 33.7. The zero-order chi connectivity index (χ0) is 22.2. The van der Waals surface area contributed by atoms with Crippen LogP contribution in [0, 0.1) is 6.92 Å². The van der Waals surface area contributed by atoms with Crippen molar-refractivity contribution in [1.29, 1.82) is 0 Å². The van der Waals surface area contributed by atoms with Crippen molar-refractivity contribution < 1.29 is 22.7 Å². The maximum absolute atomic E-state index is 13.5. The average Bonchev–Trinajstić information content (AvgIpc) is 3.24. The van der Waals surface area contributed by atoms with Crippen LogP contribution in [0.4, 0.5) is 11.4 Å². The Labute approximate surface area is 181 Å². The minimum atomic E-state index is -3.94. The van der Waals surface area contributed by atoms with Crippen molar-refractivity contribution in [3.8, 4) is 5.75 Å². The van der Waals surface area contributed by atoms with Gasteiger partial charge in [-0.2, -0.15) is 4.31 Å². The Bertz CT molecular complexity index is 1150. The molecule has 2 N–H and O–H groups in total. The summed E-state index contributed by atoms with van der Waals surface area (Å²) in [6, 6.07) is 9.74. The summed E-state index contributed by atoms with van der Waals surface area (Å²) >= 11 is 0. The molecule has 1 saturated heterocycles. The molecule has 1 fully saturated rings. The minimum Gasteiger partial charge on any atom is -0.482 e. The Balaban J connectivity index is 1.62. The van der Waals surface area contributed by atoms with Gasteiger partial charge in [0.25, 0.3) is 5.91 Å². The van der Waals surface area contributed by atoms with Crippen LogP contribution in [0.2, 0.25) is 0 Å². The number of nitrogens with one attached hydrogen (secondary N) is 2. The molecule has 0 aliphatic carbocycles. The van der Waals surface area contributed by atoms with Crippen molar-refractivity contribution in [2.45, 2.75) is 44.0 Å². The molecule has 2 aliphatic heterocycles. The maximum Gasteiger partial charge on any atom is 0.262 e. The maximum atomic E-state index is 13.5. The molecular formula is C22H25N3O5S. The van der Waals surface area contributed by atoms with E-state index in [0.717, 1.165) is 12.0 Å². The van der Waals surface area contributed by atoms with Crippen LogP contribution in [-0.2, 0) is 26.0 Å². The molecule has 2 amide bonds. The quantitative estimate of drug-likeness (QED) is 0.739. The second kappa shape index (κ2) is 8.32. The summed E-state index contributed by atoms with van der Waals surface area (Å²) in [6.45, 7) is 3.77. The van der Waals surface area contributed by atoms with Crippen LogP contribution in [0.5, 0.6) is 5.75 Å². The molecule has 0 unspecified atom stereocenters. The van der Waals surface area contributed by atoms with Gasteiger partial charge >= 0.3 is 0 Å².